The highest BCUT2D eigenvalue weighted by atomic mass is 16.5. The molecule has 0 bridgehead atoms. The van der Waals surface area contributed by atoms with E-state index in [1.165, 1.54) is 0 Å². The third-order valence-corrected chi connectivity index (χ3v) is 2.76. The number of aliphatic hydroxyl groups excluding tert-OH is 1. The van der Waals surface area contributed by atoms with Crippen LogP contribution in [0.2, 0.25) is 0 Å². The first-order chi connectivity index (χ1) is 8.59. The third kappa shape index (κ3) is 4.92. The molecule has 18 heavy (non-hydrogen) atoms. The predicted molar refractivity (Wildman–Crippen MR) is 74.0 cm³/mol. The summed E-state index contributed by atoms with van der Waals surface area (Å²) in [4.78, 5) is 4.30. The number of aromatic nitrogens is 1. The van der Waals surface area contributed by atoms with Gasteiger partial charge in [-0.2, -0.15) is 0 Å². The molecule has 1 rings (SSSR count). The Morgan fingerprint density at radius 2 is 2.22 bits per heavy atom. The van der Waals surface area contributed by atoms with Crippen LogP contribution in [-0.2, 0) is 0 Å². The number of rotatable bonds is 8. The Labute approximate surface area is 109 Å². The number of pyridine rings is 1. The monoisotopic (exact) mass is 252 g/mol. The normalized spacial score (nSPS) is 11.3. The highest BCUT2D eigenvalue weighted by Crippen LogP contribution is 2.25. The van der Waals surface area contributed by atoms with Gasteiger partial charge in [-0.05, 0) is 30.4 Å². The lowest BCUT2D eigenvalue weighted by atomic mass is 9.90. The van der Waals surface area contributed by atoms with E-state index >= 15 is 0 Å². The summed E-state index contributed by atoms with van der Waals surface area (Å²) in [6, 6.07) is 3.79. The van der Waals surface area contributed by atoms with Crippen molar-refractivity contribution in [3.8, 4) is 5.75 Å². The Morgan fingerprint density at radius 1 is 1.44 bits per heavy atom. The zero-order valence-corrected chi connectivity index (χ0v) is 11.6. The smallest absolute Gasteiger partial charge is 0.168 e. The Bertz CT molecular complexity index is 353. The van der Waals surface area contributed by atoms with Crippen molar-refractivity contribution < 1.29 is 9.84 Å². The zero-order valence-electron chi connectivity index (χ0n) is 11.6. The van der Waals surface area contributed by atoms with Crippen LogP contribution >= 0.6 is 0 Å². The van der Waals surface area contributed by atoms with Crippen molar-refractivity contribution in [1.29, 1.82) is 0 Å². The lowest BCUT2D eigenvalue weighted by Crippen LogP contribution is -2.24. The first kappa shape index (κ1) is 14.8. The van der Waals surface area contributed by atoms with Crippen molar-refractivity contribution in [3.63, 3.8) is 0 Å². The number of hydrogen-bond acceptors (Lipinski definition) is 4. The minimum absolute atomic E-state index is 0.0360. The summed E-state index contributed by atoms with van der Waals surface area (Å²) in [5.41, 5.74) is 0.0360. The zero-order chi connectivity index (χ0) is 13.4. The average Bonchev–Trinajstić information content (AvgIpc) is 2.35. The molecule has 0 amide bonds. The van der Waals surface area contributed by atoms with Crippen molar-refractivity contribution in [2.75, 3.05) is 25.1 Å². The quantitative estimate of drug-likeness (QED) is 0.747. The van der Waals surface area contributed by atoms with Crippen LogP contribution in [0.5, 0.6) is 5.75 Å². The molecule has 1 heterocycles. The van der Waals surface area contributed by atoms with Crippen LogP contribution in [0.25, 0.3) is 0 Å². The summed E-state index contributed by atoms with van der Waals surface area (Å²) in [6.45, 7) is 7.97. The standard InChI is InChI=1S/C14H24N2O2/c1-4-10-18-12-6-5-8-15-13(12)16-11-14(2,3)7-9-17/h5-6,8,17H,4,7,9-11H2,1-3H3,(H,15,16). The molecule has 4 heteroatoms. The molecule has 0 saturated carbocycles. The van der Waals surface area contributed by atoms with Gasteiger partial charge in [0.05, 0.1) is 6.61 Å². The Morgan fingerprint density at radius 3 is 2.89 bits per heavy atom. The van der Waals surface area contributed by atoms with Crippen LogP contribution in [0.4, 0.5) is 5.82 Å². The van der Waals surface area contributed by atoms with Crippen molar-refractivity contribution in [3.05, 3.63) is 18.3 Å². The van der Waals surface area contributed by atoms with E-state index in [4.69, 9.17) is 9.84 Å². The number of nitrogens with one attached hydrogen (secondary N) is 1. The molecule has 0 aliphatic rings. The Kier molecular flexibility index (Phi) is 5.92. The molecule has 2 N–H and O–H groups in total. The molecule has 4 nitrogen and oxygen atoms in total. The average molecular weight is 252 g/mol. The molecule has 0 saturated heterocycles. The van der Waals surface area contributed by atoms with Crippen molar-refractivity contribution >= 4 is 5.82 Å². The van der Waals surface area contributed by atoms with Crippen molar-refractivity contribution in [2.24, 2.45) is 5.41 Å². The summed E-state index contributed by atoms with van der Waals surface area (Å²) in [7, 11) is 0. The minimum Gasteiger partial charge on any atom is -0.490 e. The molecule has 0 fully saturated rings. The molecule has 1 aromatic rings. The van der Waals surface area contributed by atoms with Gasteiger partial charge in [0.2, 0.25) is 0 Å². The molecule has 0 radical (unpaired) electrons. The van der Waals surface area contributed by atoms with E-state index in [2.05, 4.69) is 31.1 Å². The first-order valence-electron chi connectivity index (χ1n) is 6.51. The van der Waals surface area contributed by atoms with E-state index in [1.54, 1.807) is 6.20 Å². The van der Waals surface area contributed by atoms with Gasteiger partial charge in [-0.1, -0.05) is 20.8 Å². The van der Waals surface area contributed by atoms with Gasteiger partial charge < -0.3 is 15.2 Å². The van der Waals surface area contributed by atoms with Gasteiger partial charge in [-0.25, -0.2) is 4.98 Å². The summed E-state index contributed by atoms with van der Waals surface area (Å²) < 4.78 is 5.64. The maximum atomic E-state index is 9.00. The molecule has 0 atom stereocenters. The third-order valence-electron chi connectivity index (χ3n) is 2.76. The van der Waals surface area contributed by atoms with Gasteiger partial charge in [0.15, 0.2) is 11.6 Å². The number of ether oxygens (including phenoxy) is 1. The van der Waals surface area contributed by atoms with E-state index in [-0.39, 0.29) is 12.0 Å². The lowest BCUT2D eigenvalue weighted by Gasteiger charge is -2.24. The summed E-state index contributed by atoms with van der Waals surface area (Å²) in [6.07, 6.45) is 3.49. The van der Waals surface area contributed by atoms with Crippen LogP contribution < -0.4 is 10.1 Å². The fourth-order valence-corrected chi connectivity index (χ4v) is 1.57. The number of anilines is 1. The van der Waals surface area contributed by atoms with Gasteiger partial charge in [0.1, 0.15) is 0 Å². The van der Waals surface area contributed by atoms with Crippen LogP contribution in [-0.4, -0.2) is 29.8 Å². The molecular weight excluding hydrogens is 228 g/mol. The van der Waals surface area contributed by atoms with E-state index in [9.17, 15) is 0 Å². The lowest BCUT2D eigenvalue weighted by molar-refractivity contribution is 0.220. The van der Waals surface area contributed by atoms with Crippen LogP contribution in [0.1, 0.15) is 33.6 Å². The first-order valence-corrected chi connectivity index (χ1v) is 6.51. The van der Waals surface area contributed by atoms with Gasteiger partial charge in [0, 0.05) is 19.3 Å². The second kappa shape index (κ2) is 7.21. The molecule has 102 valence electrons. The summed E-state index contributed by atoms with van der Waals surface area (Å²) in [5, 5.41) is 12.3. The maximum absolute atomic E-state index is 9.00. The predicted octanol–water partition coefficient (Wildman–Crippen LogP) is 2.69. The SMILES string of the molecule is CCCOc1cccnc1NCC(C)(C)CCO. The molecule has 0 unspecified atom stereocenters. The van der Waals surface area contributed by atoms with E-state index in [1.807, 2.05) is 12.1 Å². The van der Waals surface area contributed by atoms with Gasteiger partial charge in [0.25, 0.3) is 0 Å². The number of hydrogen-bond donors (Lipinski definition) is 2. The Hall–Kier alpha value is -1.29. The van der Waals surface area contributed by atoms with Crippen LogP contribution in [0.15, 0.2) is 18.3 Å². The molecule has 0 spiro atoms. The summed E-state index contributed by atoms with van der Waals surface area (Å²) >= 11 is 0. The molecule has 0 aromatic carbocycles. The number of aliphatic hydroxyl groups is 1. The van der Waals surface area contributed by atoms with Crippen molar-refractivity contribution in [1.82, 2.24) is 4.98 Å². The van der Waals surface area contributed by atoms with Gasteiger partial charge >= 0.3 is 0 Å². The van der Waals surface area contributed by atoms with Gasteiger partial charge in [-0.3, -0.25) is 0 Å². The Balaban J connectivity index is 2.60. The fraction of sp³-hybridized carbons (Fsp3) is 0.643. The van der Waals surface area contributed by atoms with E-state index in [0.29, 0.717) is 6.61 Å². The number of nitrogens with zero attached hydrogens (tertiary/aromatic N) is 1. The summed E-state index contributed by atoms with van der Waals surface area (Å²) in [5.74, 6) is 1.57. The van der Waals surface area contributed by atoms with Crippen LogP contribution in [0, 0.1) is 5.41 Å². The molecule has 0 aliphatic carbocycles. The molecule has 1 aromatic heterocycles. The molecular formula is C14H24N2O2. The topological polar surface area (TPSA) is 54.4 Å². The highest BCUT2D eigenvalue weighted by Gasteiger charge is 2.17. The maximum Gasteiger partial charge on any atom is 0.168 e. The second-order valence-electron chi connectivity index (χ2n) is 5.19. The van der Waals surface area contributed by atoms with Crippen molar-refractivity contribution in [2.45, 2.75) is 33.6 Å². The molecule has 0 aliphatic heterocycles. The van der Waals surface area contributed by atoms with E-state index in [0.717, 1.165) is 31.0 Å². The van der Waals surface area contributed by atoms with E-state index < -0.39 is 0 Å². The largest absolute Gasteiger partial charge is 0.490 e. The van der Waals surface area contributed by atoms with Gasteiger partial charge in [-0.15, -0.1) is 0 Å². The minimum atomic E-state index is 0.0360. The fourth-order valence-electron chi connectivity index (χ4n) is 1.57. The highest BCUT2D eigenvalue weighted by molar-refractivity contribution is 5.49. The second-order valence-corrected chi connectivity index (χ2v) is 5.19. The van der Waals surface area contributed by atoms with Crippen LogP contribution in [0.3, 0.4) is 0 Å².